The van der Waals surface area contributed by atoms with Crippen molar-refractivity contribution in [3.63, 3.8) is 0 Å². The molecule has 2 aliphatic carbocycles. The van der Waals surface area contributed by atoms with E-state index in [-0.39, 0.29) is 5.91 Å². The van der Waals surface area contributed by atoms with Gasteiger partial charge in [-0.05, 0) is 85.9 Å². The van der Waals surface area contributed by atoms with E-state index >= 15 is 0 Å². The topological polar surface area (TPSA) is 75.6 Å². The second-order valence-corrected chi connectivity index (χ2v) is 9.54. The van der Waals surface area contributed by atoms with E-state index < -0.39 is 17.8 Å². The summed E-state index contributed by atoms with van der Waals surface area (Å²) in [7, 11) is 0. The fourth-order valence-corrected chi connectivity index (χ4v) is 5.10. The average Bonchev–Trinajstić information content (AvgIpc) is 3.64. The number of carbonyl (C=O) groups excluding carboxylic acids is 1. The van der Waals surface area contributed by atoms with Crippen molar-refractivity contribution in [2.45, 2.75) is 65.2 Å². The van der Waals surface area contributed by atoms with Crippen molar-refractivity contribution in [1.29, 1.82) is 0 Å². The van der Waals surface area contributed by atoms with Gasteiger partial charge in [0.2, 0.25) is 5.91 Å². The summed E-state index contributed by atoms with van der Waals surface area (Å²) >= 11 is 0. The molecular weight excluding hydrogens is 414 g/mol. The van der Waals surface area contributed by atoms with Gasteiger partial charge in [-0.15, -0.1) is 0 Å². The number of hydrogen-bond donors (Lipinski definition) is 2. The number of hydrogen-bond acceptors (Lipinski definition) is 3. The van der Waals surface area contributed by atoms with Crippen LogP contribution in [0, 0.1) is 24.7 Å². The summed E-state index contributed by atoms with van der Waals surface area (Å²) in [6.07, 6.45) is 7.73. The van der Waals surface area contributed by atoms with E-state index in [1.165, 1.54) is 24.0 Å². The molecule has 176 valence electrons. The number of aryl methyl sites for hydroxylation is 1. The van der Waals surface area contributed by atoms with Gasteiger partial charge in [0.05, 0.1) is 18.4 Å². The third-order valence-corrected chi connectivity index (χ3v) is 7.19. The summed E-state index contributed by atoms with van der Waals surface area (Å²) in [5, 5.41) is 12.6. The van der Waals surface area contributed by atoms with Gasteiger partial charge in [-0.2, -0.15) is 0 Å². The van der Waals surface area contributed by atoms with Gasteiger partial charge in [0.1, 0.15) is 5.75 Å². The number of ether oxygens (including phenoxy) is 1. The Morgan fingerprint density at radius 2 is 1.79 bits per heavy atom. The van der Waals surface area contributed by atoms with E-state index in [9.17, 15) is 14.7 Å². The zero-order valence-corrected chi connectivity index (χ0v) is 19.7. The first-order valence-electron chi connectivity index (χ1n) is 12.4. The molecule has 33 heavy (non-hydrogen) atoms. The molecule has 0 aliphatic heterocycles. The molecule has 0 aromatic heterocycles. The van der Waals surface area contributed by atoms with E-state index in [1.54, 1.807) is 0 Å². The average molecular weight is 450 g/mol. The van der Waals surface area contributed by atoms with E-state index in [0.29, 0.717) is 19.4 Å². The molecule has 0 radical (unpaired) electrons. The predicted octanol–water partition coefficient (Wildman–Crippen LogP) is 6.23. The third-order valence-electron chi connectivity index (χ3n) is 7.19. The fourth-order valence-electron chi connectivity index (χ4n) is 5.10. The molecule has 0 heterocycles. The molecule has 2 aromatic carbocycles. The van der Waals surface area contributed by atoms with Crippen molar-refractivity contribution in [2.24, 2.45) is 17.8 Å². The van der Waals surface area contributed by atoms with Gasteiger partial charge in [0.15, 0.2) is 0 Å². The summed E-state index contributed by atoms with van der Waals surface area (Å²) in [5.74, 6) is -0.368. The summed E-state index contributed by atoms with van der Waals surface area (Å²) in [6, 6.07) is 12.3. The maximum Gasteiger partial charge on any atom is 0.307 e. The Morgan fingerprint density at radius 1 is 1.03 bits per heavy atom. The van der Waals surface area contributed by atoms with Crippen LogP contribution < -0.4 is 10.1 Å². The van der Waals surface area contributed by atoms with E-state index in [2.05, 4.69) is 30.4 Å². The first kappa shape index (κ1) is 23.3. The lowest BCUT2D eigenvalue weighted by Gasteiger charge is -2.27. The first-order chi connectivity index (χ1) is 16.0. The van der Waals surface area contributed by atoms with Crippen LogP contribution in [0.15, 0.2) is 36.4 Å². The zero-order valence-electron chi connectivity index (χ0n) is 19.7. The Balaban J connectivity index is 1.60. The van der Waals surface area contributed by atoms with Crippen molar-refractivity contribution in [1.82, 2.24) is 0 Å². The minimum absolute atomic E-state index is 0.169. The SMILES string of the molecule is CCOc1cccc(-c2ccc(NC(=O)[C@@H]3CCCC[C@@H]3C(=O)O)cc2CCC2CC2)c1C. The van der Waals surface area contributed by atoms with Gasteiger partial charge in [0, 0.05) is 5.69 Å². The zero-order chi connectivity index (χ0) is 23.4. The summed E-state index contributed by atoms with van der Waals surface area (Å²) in [4.78, 5) is 24.7. The number of amides is 1. The molecule has 0 spiro atoms. The number of nitrogens with one attached hydrogen (secondary N) is 1. The fraction of sp³-hybridized carbons (Fsp3) is 0.500. The molecule has 0 unspecified atom stereocenters. The molecule has 1 amide bonds. The Hall–Kier alpha value is -2.82. The lowest BCUT2D eigenvalue weighted by Crippen LogP contribution is -2.36. The van der Waals surface area contributed by atoms with Gasteiger partial charge in [0.25, 0.3) is 0 Å². The number of carbonyl (C=O) groups is 2. The number of carboxylic acids is 1. The van der Waals surface area contributed by atoms with Gasteiger partial charge < -0.3 is 15.2 Å². The second kappa shape index (κ2) is 10.4. The van der Waals surface area contributed by atoms with Gasteiger partial charge in [-0.25, -0.2) is 0 Å². The molecule has 0 saturated heterocycles. The van der Waals surface area contributed by atoms with Gasteiger partial charge >= 0.3 is 5.97 Å². The quantitative estimate of drug-likeness (QED) is 0.476. The van der Waals surface area contributed by atoms with Gasteiger partial charge in [-0.1, -0.05) is 43.9 Å². The Morgan fingerprint density at radius 3 is 2.48 bits per heavy atom. The first-order valence-corrected chi connectivity index (χ1v) is 12.4. The number of anilines is 1. The van der Waals surface area contributed by atoms with Crippen LogP contribution in [0.5, 0.6) is 5.75 Å². The van der Waals surface area contributed by atoms with Crippen LogP contribution in [-0.4, -0.2) is 23.6 Å². The van der Waals surface area contributed by atoms with Crippen molar-refractivity contribution in [3.05, 3.63) is 47.5 Å². The lowest BCUT2D eigenvalue weighted by atomic mass is 9.78. The van der Waals surface area contributed by atoms with Crippen LogP contribution >= 0.6 is 0 Å². The number of benzene rings is 2. The van der Waals surface area contributed by atoms with Crippen molar-refractivity contribution < 1.29 is 19.4 Å². The Kier molecular flexibility index (Phi) is 7.36. The third kappa shape index (κ3) is 5.58. The maximum atomic E-state index is 13.0. The van der Waals surface area contributed by atoms with Crippen molar-refractivity contribution in [2.75, 3.05) is 11.9 Å². The highest BCUT2D eigenvalue weighted by Gasteiger charge is 2.35. The lowest BCUT2D eigenvalue weighted by molar-refractivity contribution is -0.147. The maximum absolute atomic E-state index is 13.0. The summed E-state index contributed by atoms with van der Waals surface area (Å²) in [6.45, 7) is 4.71. The second-order valence-electron chi connectivity index (χ2n) is 9.54. The van der Waals surface area contributed by atoms with Crippen LogP contribution in [0.1, 0.15) is 63.0 Å². The smallest absolute Gasteiger partial charge is 0.307 e. The molecule has 2 atom stereocenters. The largest absolute Gasteiger partial charge is 0.494 e. The predicted molar refractivity (Wildman–Crippen MR) is 131 cm³/mol. The highest BCUT2D eigenvalue weighted by atomic mass is 16.5. The van der Waals surface area contributed by atoms with Crippen LogP contribution in [0.2, 0.25) is 0 Å². The van der Waals surface area contributed by atoms with Crippen molar-refractivity contribution in [3.8, 4) is 16.9 Å². The Labute approximate surface area is 196 Å². The monoisotopic (exact) mass is 449 g/mol. The molecule has 2 saturated carbocycles. The highest BCUT2D eigenvalue weighted by Crippen LogP contribution is 2.38. The van der Waals surface area contributed by atoms with Crippen LogP contribution in [-0.2, 0) is 16.0 Å². The molecule has 2 N–H and O–H groups in total. The molecule has 2 aliphatic rings. The molecule has 4 rings (SSSR count). The molecule has 5 nitrogen and oxygen atoms in total. The van der Waals surface area contributed by atoms with E-state index in [1.807, 2.05) is 25.1 Å². The van der Waals surface area contributed by atoms with E-state index in [4.69, 9.17) is 4.74 Å². The van der Waals surface area contributed by atoms with Crippen LogP contribution in [0.4, 0.5) is 5.69 Å². The summed E-state index contributed by atoms with van der Waals surface area (Å²) in [5.41, 5.74) is 5.42. The summed E-state index contributed by atoms with van der Waals surface area (Å²) < 4.78 is 5.81. The van der Waals surface area contributed by atoms with Crippen LogP contribution in [0.3, 0.4) is 0 Å². The van der Waals surface area contributed by atoms with Crippen molar-refractivity contribution >= 4 is 17.6 Å². The van der Waals surface area contributed by atoms with E-state index in [0.717, 1.165) is 54.2 Å². The minimum Gasteiger partial charge on any atom is -0.494 e. The van der Waals surface area contributed by atoms with Gasteiger partial charge in [-0.3, -0.25) is 9.59 Å². The molecular formula is C28H35NO4. The number of rotatable bonds is 9. The standard InChI is InChI=1S/C28H35NO4/c1-3-33-26-10-6-9-22(18(26)2)23-16-15-21(17-20(23)14-13-19-11-12-19)29-27(30)24-7-4-5-8-25(24)28(31)32/h6,9-10,15-17,19,24-25H,3-5,7-8,11-14H2,1-2H3,(H,29,30)(H,31,32)/t24-,25+/m1/s1. The molecule has 2 fully saturated rings. The normalized spacial score (nSPS) is 20.3. The molecule has 2 aromatic rings. The minimum atomic E-state index is -0.861. The molecule has 0 bridgehead atoms. The highest BCUT2D eigenvalue weighted by molar-refractivity contribution is 5.95. The van der Waals surface area contributed by atoms with Crippen LogP contribution in [0.25, 0.3) is 11.1 Å². The molecule has 5 heteroatoms. The number of aliphatic carboxylic acids is 1. The number of carboxylic acid groups (broad SMARTS) is 1. The Bertz CT molecular complexity index is 1010.